The van der Waals surface area contributed by atoms with Crippen molar-refractivity contribution in [1.82, 2.24) is 20.2 Å². The third-order valence-corrected chi connectivity index (χ3v) is 4.97. The van der Waals surface area contributed by atoms with E-state index in [4.69, 9.17) is 0 Å². The Balaban J connectivity index is 1.46. The number of nitrogens with one attached hydrogen (secondary N) is 2. The summed E-state index contributed by atoms with van der Waals surface area (Å²) in [4.78, 5) is 44.8. The number of benzene rings is 1. The summed E-state index contributed by atoms with van der Waals surface area (Å²) in [5.74, 6) is 0.235. The second-order valence-electron chi connectivity index (χ2n) is 6.12. The maximum atomic E-state index is 12.3. The number of amides is 2. The van der Waals surface area contributed by atoms with Gasteiger partial charge in [0, 0.05) is 25.6 Å². The van der Waals surface area contributed by atoms with Gasteiger partial charge in [0.15, 0.2) is 0 Å². The molecule has 0 aliphatic rings. The normalized spacial score (nSPS) is 10.7. The summed E-state index contributed by atoms with van der Waals surface area (Å²) in [5, 5.41) is 4.61. The Hall–Kier alpha value is -3.00. The van der Waals surface area contributed by atoms with Gasteiger partial charge in [0.25, 0.3) is 11.5 Å². The van der Waals surface area contributed by atoms with Gasteiger partial charge >= 0.3 is 0 Å². The maximum Gasteiger partial charge on any atom is 0.268 e. The Morgan fingerprint density at radius 3 is 2.78 bits per heavy atom. The quantitative estimate of drug-likeness (QED) is 0.610. The summed E-state index contributed by atoms with van der Waals surface area (Å²) in [6.45, 7) is 0.652. The van der Waals surface area contributed by atoms with Crippen molar-refractivity contribution in [2.45, 2.75) is 19.4 Å². The van der Waals surface area contributed by atoms with E-state index in [0.29, 0.717) is 41.0 Å². The van der Waals surface area contributed by atoms with E-state index in [1.807, 2.05) is 11.4 Å². The van der Waals surface area contributed by atoms with Gasteiger partial charge in [-0.25, -0.2) is 4.98 Å². The minimum absolute atomic E-state index is 0.0722. The molecule has 8 heteroatoms. The van der Waals surface area contributed by atoms with Gasteiger partial charge in [-0.15, -0.1) is 11.3 Å². The van der Waals surface area contributed by atoms with Crippen LogP contribution in [0.3, 0.4) is 0 Å². The molecule has 2 amide bonds. The Morgan fingerprint density at radius 1 is 1.22 bits per heavy atom. The molecule has 0 fully saturated rings. The number of H-pyrrole nitrogens is 1. The molecule has 140 valence electrons. The number of rotatable bonds is 7. The van der Waals surface area contributed by atoms with Crippen LogP contribution in [0.25, 0.3) is 10.2 Å². The molecule has 2 heterocycles. The van der Waals surface area contributed by atoms with Crippen LogP contribution in [-0.4, -0.2) is 40.3 Å². The van der Waals surface area contributed by atoms with Crippen LogP contribution in [0.15, 0.2) is 46.6 Å². The van der Waals surface area contributed by atoms with Gasteiger partial charge in [0.1, 0.15) is 10.5 Å². The first kappa shape index (κ1) is 18.8. The lowest BCUT2D eigenvalue weighted by Gasteiger charge is -2.16. The molecular weight excluding hydrogens is 364 g/mol. The van der Waals surface area contributed by atoms with Crippen LogP contribution >= 0.6 is 11.3 Å². The number of nitrogens with zero attached hydrogens (tertiary/aromatic N) is 2. The molecule has 27 heavy (non-hydrogen) atoms. The zero-order valence-corrected chi connectivity index (χ0v) is 15.7. The molecule has 7 nitrogen and oxygen atoms in total. The van der Waals surface area contributed by atoms with Gasteiger partial charge in [-0.3, -0.25) is 14.4 Å². The third kappa shape index (κ3) is 4.79. The first-order valence-corrected chi connectivity index (χ1v) is 9.46. The molecule has 3 aromatic rings. The van der Waals surface area contributed by atoms with Crippen LogP contribution in [0, 0.1) is 0 Å². The number of carbonyl (C=O) groups is 2. The summed E-state index contributed by atoms with van der Waals surface area (Å²) in [6.07, 6.45) is 0.839. The molecule has 0 bridgehead atoms. The molecule has 0 aliphatic carbocycles. The number of aromatic nitrogens is 2. The summed E-state index contributed by atoms with van der Waals surface area (Å²) < 4.78 is 0.585. The average molecular weight is 384 g/mol. The summed E-state index contributed by atoms with van der Waals surface area (Å²) in [5.41, 5.74) is 1.05. The molecule has 0 saturated carbocycles. The van der Waals surface area contributed by atoms with Crippen molar-refractivity contribution in [3.05, 3.63) is 63.5 Å². The largest absolute Gasteiger partial charge is 0.352 e. The second kappa shape index (κ2) is 8.59. The van der Waals surface area contributed by atoms with E-state index in [1.54, 1.807) is 37.4 Å². The Kier molecular flexibility index (Phi) is 5.97. The zero-order valence-electron chi connectivity index (χ0n) is 14.9. The van der Waals surface area contributed by atoms with Crippen LogP contribution in [-0.2, 0) is 11.3 Å². The van der Waals surface area contributed by atoms with E-state index >= 15 is 0 Å². The van der Waals surface area contributed by atoms with Crippen molar-refractivity contribution in [2.24, 2.45) is 0 Å². The molecule has 0 spiro atoms. The highest BCUT2D eigenvalue weighted by atomic mass is 32.1. The molecule has 0 aliphatic heterocycles. The van der Waals surface area contributed by atoms with E-state index in [1.165, 1.54) is 16.2 Å². The molecule has 0 saturated heterocycles. The van der Waals surface area contributed by atoms with Gasteiger partial charge in [0.05, 0.1) is 12.1 Å². The minimum Gasteiger partial charge on any atom is -0.352 e. The topological polar surface area (TPSA) is 95.2 Å². The summed E-state index contributed by atoms with van der Waals surface area (Å²) in [6, 6.07) is 10.7. The number of hydrogen-bond donors (Lipinski definition) is 2. The Morgan fingerprint density at radius 2 is 2.00 bits per heavy atom. The lowest BCUT2D eigenvalue weighted by molar-refractivity contribution is -0.130. The molecule has 2 aromatic heterocycles. The van der Waals surface area contributed by atoms with E-state index in [2.05, 4.69) is 15.3 Å². The van der Waals surface area contributed by atoms with Crippen molar-refractivity contribution in [3.63, 3.8) is 0 Å². The van der Waals surface area contributed by atoms with Gasteiger partial charge in [-0.2, -0.15) is 0 Å². The van der Waals surface area contributed by atoms with Crippen molar-refractivity contribution in [3.8, 4) is 0 Å². The van der Waals surface area contributed by atoms with E-state index in [0.717, 1.165) is 0 Å². The highest BCUT2D eigenvalue weighted by molar-refractivity contribution is 7.17. The van der Waals surface area contributed by atoms with Gasteiger partial charge in [-0.1, -0.05) is 18.2 Å². The highest BCUT2D eigenvalue weighted by Crippen LogP contribution is 2.14. The second-order valence-corrected chi connectivity index (χ2v) is 7.04. The fraction of sp³-hybridized carbons (Fsp3) is 0.263. The highest BCUT2D eigenvalue weighted by Gasteiger charge is 2.12. The molecule has 1 aromatic carbocycles. The smallest absolute Gasteiger partial charge is 0.268 e. The number of hydrogen-bond acceptors (Lipinski definition) is 5. The van der Waals surface area contributed by atoms with Crippen molar-refractivity contribution in [2.75, 3.05) is 13.6 Å². The van der Waals surface area contributed by atoms with Crippen LogP contribution in [0.2, 0.25) is 0 Å². The molecule has 0 unspecified atom stereocenters. The monoisotopic (exact) mass is 384 g/mol. The van der Waals surface area contributed by atoms with Crippen molar-refractivity contribution in [1.29, 1.82) is 0 Å². The van der Waals surface area contributed by atoms with Crippen LogP contribution in [0.1, 0.15) is 29.0 Å². The van der Waals surface area contributed by atoms with Crippen molar-refractivity contribution < 1.29 is 9.59 Å². The predicted molar refractivity (Wildman–Crippen MR) is 105 cm³/mol. The average Bonchev–Trinajstić information content (AvgIpc) is 3.14. The number of thiophene rings is 1. The van der Waals surface area contributed by atoms with E-state index in [-0.39, 0.29) is 23.9 Å². The molecule has 0 atom stereocenters. The first-order chi connectivity index (χ1) is 13.0. The van der Waals surface area contributed by atoms with Crippen molar-refractivity contribution >= 4 is 33.4 Å². The fourth-order valence-corrected chi connectivity index (χ4v) is 3.36. The standard InChI is InChI=1S/C19H20N4O3S/c1-23(12-15-21-14-9-11-27-17(14)19(26)22-15)16(24)8-5-10-20-18(25)13-6-3-2-4-7-13/h2-4,6-7,9,11H,5,8,10,12H2,1H3,(H,20,25)(H,21,22,26). The van der Waals surface area contributed by atoms with E-state index in [9.17, 15) is 14.4 Å². The van der Waals surface area contributed by atoms with Crippen LogP contribution in [0.4, 0.5) is 0 Å². The Labute approximate surface area is 160 Å². The lowest BCUT2D eigenvalue weighted by Crippen LogP contribution is -2.30. The van der Waals surface area contributed by atoms with Gasteiger partial charge in [-0.05, 0) is 30.0 Å². The number of carbonyl (C=O) groups excluding carboxylic acids is 2. The van der Waals surface area contributed by atoms with Gasteiger partial charge < -0.3 is 15.2 Å². The molecule has 0 radical (unpaired) electrons. The lowest BCUT2D eigenvalue weighted by atomic mass is 10.2. The SMILES string of the molecule is CN(Cc1nc2ccsc2c(=O)[nH]1)C(=O)CCCNC(=O)c1ccccc1. The minimum atomic E-state index is -0.186. The molecular formula is C19H20N4O3S. The van der Waals surface area contributed by atoms with Crippen LogP contribution in [0.5, 0.6) is 0 Å². The summed E-state index contributed by atoms with van der Waals surface area (Å²) >= 11 is 1.34. The predicted octanol–water partition coefficient (Wildman–Crippen LogP) is 2.15. The third-order valence-electron chi connectivity index (χ3n) is 4.07. The molecule has 2 N–H and O–H groups in total. The maximum absolute atomic E-state index is 12.3. The first-order valence-electron chi connectivity index (χ1n) is 8.58. The Bertz CT molecular complexity index is 997. The number of fused-ring (bicyclic) bond motifs is 1. The fourth-order valence-electron chi connectivity index (χ4n) is 2.63. The zero-order chi connectivity index (χ0) is 19.2. The van der Waals surface area contributed by atoms with Gasteiger partial charge in [0.2, 0.25) is 5.91 Å². The van der Waals surface area contributed by atoms with Crippen LogP contribution < -0.4 is 10.9 Å². The molecule has 3 rings (SSSR count). The number of aromatic amines is 1. The summed E-state index contributed by atoms with van der Waals surface area (Å²) in [7, 11) is 1.67. The van der Waals surface area contributed by atoms with E-state index < -0.39 is 0 Å².